The molecule has 0 fully saturated rings. The zero-order valence-corrected chi connectivity index (χ0v) is 9.89. The van der Waals surface area contributed by atoms with Crippen molar-refractivity contribution in [2.45, 2.75) is 6.92 Å². The van der Waals surface area contributed by atoms with Crippen molar-refractivity contribution in [1.29, 1.82) is 0 Å². The van der Waals surface area contributed by atoms with Gasteiger partial charge in [-0.1, -0.05) is 27.3 Å². The van der Waals surface area contributed by atoms with Crippen LogP contribution in [-0.4, -0.2) is 9.38 Å². The lowest BCUT2D eigenvalue weighted by Gasteiger charge is -1.91. The minimum atomic E-state index is 1.07. The highest BCUT2D eigenvalue weighted by Gasteiger charge is 2.06. The Balaban J connectivity index is 2.55. The van der Waals surface area contributed by atoms with Gasteiger partial charge < -0.3 is 0 Å². The lowest BCUT2D eigenvalue weighted by atomic mass is 10.3. The third-order valence-corrected chi connectivity index (χ3v) is 3.70. The van der Waals surface area contributed by atoms with Crippen molar-refractivity contribution in [3.05, 3.63) is 34.6 Å². The average molecular weight is 267 g/mol. The Hall–Kier alpha value is -0.870. The van der Waals surface area contributed by atoms with E-state index in [1.807, 2.05) is 6.92 Å². The van der Waals surface area contributed by atoms with Crippen molar-refractivity contribution in [3.8, 4) is 0 Å². The summed E-state index contributed by atoms with van der Waals surface area (Å²) in [6, 6.07) is 6.30. The minimum absolute atomic E-state index is 1.07. The normalized spacial score (nSPS) is 11.6. The molecular formula is C10H7BrN2S. The lowest BCUT2D eigenvalue weighted by Crippen LogP contribution is -1.76. The molecule has 70 valence electrons. The summed E-state index contributed by atoms with van der Waals surface area (Å²) in [7, 11) is 0. The molecule has 3 rings (SSSR count). The van der Waals surface area contributed by atoms with Crippen LogP contribution in [-0.2, 0) is 0 Å². The van der Waals surface area contributed by atoms with Crippen LogP contribution in [0, 0.1) is 6.92 Å². The average Bonchev–Trinajstić information content (AvgIpc) is 2.62. The highest BCUT2D eigenvalue weighted by atomic mass is 79.9. The molecule has 2 aromatic heterocycles. The third kappa shape index (κ3) is 1.11. The van der Waals surface area contributed by atoms with Gasteiger partial charge in [-0.2, -0.15) is 0 Å². The first-order valence-electron chi connectivity index (χ1n) is 4.28. The Morgan fingerprint density at radius 2 is 2.29 bits per heavy atom. The van der Waals surface area contributed by atoms with Crippen LogP contribution in [0.1, 0.15) is 5.69 Å². The summed E-state index contributed by atoms with van der Waals surface area (Å²) in [6.45, 7) is 2.02. The molecule has 0 saturated carbocycles. The Morgan fingerprint density at radius 1 is 1.43 bits per heavy atom. The van der Waals surface area contributed by atoms with Crippen LogP contribution in [0.4, 0.5) is 0 Å². The van der Waals surface area contributed by atoms with Gasteiger partial charge >= 0.3 is 0 Å². The quantitative estimate of drug-likeness (QED) is 0.608. The maximum atomic E-state index is 4.45. The van der Waals surface area contributed by atoms with E-state index in [1.165, 1.54) is 10.2 Å². The van der Waals surface area contributed by atoms with Crippen molar-refractivity contribution < 1.29 is 0 Å². The number of imidazole rings is 1. The number of hydrogen-bond donors (Lipinski definition) is 0. The van der Waals surface area contributed by atoms with Crippen LogP contribution in [0.25, 0.3) is 15.2 Å². The molecule has 2 heterocycles. The van der Waals surface area contributed by atoms with E-state index < -0.39 is 0 Å². The molecule has 0 unspecified atom stereocenters. The Bertz CT molecular complexity index is 623. The smallest absolute Gasteiger partial charge is 0.194 e. The number of thiazole rings is 1. The van der Waals surface area contributed by atoms with Crippen LogP contribution in [0.2, 0.25) is 0 Å². The van der Waals surface area contributed by atoms with E-state index in [4.69, 9.17) is 0 Å². The zero-order valence-electron chi connectivity index (χ0n) is 7.49. The Labute approximate surface area is 93.3 Å². The van der Waals surface area contributed by atoms with Crippen LogP contribution in [0.5, 0.6) is 0 Å². The van der Waals surface area contributed by atoms with Crippen LogP contribution in [0.3, 0.4) is 0 Å². The molecule has 1 aromatic carbocycles. The summed E-state index contributed by atoms with van der Waals surface area (Å²) in [4.78, 5) is 5.51. The number of fused-ring (bicyclic) bond motifs is 3. The first-order chi connectivity index (χ1) is 6.74. The largest absolute Gasteiger partial charge is 0.290 e. The summed E-state index contributed by atoms with van der Waals surface area (Å²) < 4.78 is 4.52. The van der Waals surface area contributed by atoms with Gasteiger partial charge in [-0.25, -0.2) is 4.98 Å². The molecule has 0 amide bonds. The maximum Gasteiger partial charge on any atom is 0.194 e. The summed E-state index contributed by atoms with van der Waals surface area (Å²) in [5.41, 5.74) is 2.29. The van der Waals surface area contributed by atoms with Gasteiger partial charge in [-0.15, -0.1) is 0 Å². The van der Waals surface area contributed by atoms with Crippen LogP contribution in [0.15, 0.2) is 28.9 Å². The molecule has 0 radical (unpaired) electrons. The van der Waals surface area contributed by atoms with Gasteiger partial charge in [0.15, 0.2) is 4.96 Å². The molecule has 14 heavy (non-hydrogen) atoms. The molecule has 0 N–H and O–H groups in total. The first kappa shape index (κ1) is 8.44. The number of halogens is 1. The Kier molecular flexibility index (Phi) is 1.69. The predicted octanol–water partition coefficient (Wildman–Crippen LogP) is 3.62. The van der Waals surface area contributed by atoms with Crippen LogP contribution < -0.4 is 0 Å². The Morgan fingerprint density at radius 3 is 3.14 bits per heavy atom. The molecular weight excluding hydrogens is 260 g/mol. The second-order valence-electron chi connectivity index (χ2n) is 3.25. The monoisotopic (exact) mass is 266 g/mol. The van der Waals surface area contributed by atoms with E-state index in [-0.39, 0.29) is 0 Å². The second kappa shape index (κ2) is 2.81. The maximum absolute atomic E-state index is 4.45. The standard InChI is InChI=1S/C10H7BrN2S/c1-6-5-13-8-4-7(11)2-3-9(8)14-10(13)12-6/h2-5H,1H3. The van der Waals surface area contributed by atoms with E-state index in [2.05, 4.69) is 49.7 Å². The van der Waals surface area contributed by atoms with Gasteiger partial charge in [-0.05, 0) is 25.1 Å². The molecule has 0 aliphatic heterocycles. The summed E-state index contributed by atoms with van der Waals surface area (Å²) in [5.74, 6) is 0. The number of aryl methyl sites for hydroxylation is 1. The zero-order chi connectivity index (χ0) is 9.71. The number of aromatic nitrogens is 2. The van der Waals surface area contributed by atoms with Gasteiger partial charge in [0.25, 0.3) is 0 Å². The summed E-state index contributed by atoms with van der Waals surface area (Å²) in [6.07, 6.45) is 2.07. The van der Waals surface area contributed by atoms with Crippen molar-refractivity contribution in [3.63, 3.8) is 0 Å². The minimum Gasteiger partial charge on any atom is -0.290 e. The molecule has 0 aliphatic rings. The van der Waals surface area contributed by atoms with Gasteiger partial charge in [0.2, 0.25) is 0 Å². The molecule has 0 bridgehead atoms. The van der Waals surface area contributed by atoms with Crippen LogP contribution >= 0.6 is 27.3 Å². The van der Waals surface area contributed by atoms with E-state index >= 15 is 0 Å². The van der Waals surface area contributed by atoms with Gasteiger partial charge in [0.1, 0.15) is 0 Å². The topological polar surface area (TPSA) is 17.3 Å². The number of hydrogen-bond acceptors (Lipinski definition) is 2. The molecule has 0 atom stereocenters. The fraction of sp³-hybridized carbons (Fsp3) is 0.100. The molecule has 4 heteroatoms. The van der Waals surface area contributed by atoms with Gasteiger partial charge in [0.05, 0.1) is 15.9 Å². The highest BCUT2D eigenvalue weighted by Crippen LogP contribution is 2.28. The highest BCUT2D eigenvalue weighted by molar-refractivity contribution is 9.10. The van der Waals surface area contributed by atoms with E-state index in [1.54, 1.807) is 11.3 Å². The van der Waals surface area contributed by atoms with Crippen molar-refractivity contribution in [2.75, 3.05) is 0 Å². The molecule has 0 saturated heterocycles. The summed E-state index contributed by atoms with van der Waals surface area (Å²) in [5, 5.41) is 0. The second-order valence-corrected chi connectivity index (χ2v) is 5.17. The molecule has 3 aromatic rings. The van der Waals surface area contributed by atoms with Gasteiger partial charge in [-0.3, -0.25) is 4.40 Å². The number of nitrogens with zero attached hydrogens (tertiary/aromatic N) is 2. The fourth-order valence-electron chi connectivity index (χ4n) is 1.58. The number of rotatable bonds is 0. The SMILES string of the molecule is Cc1cn2c(n1)sc1ccc(Br)cc12. The van der Waals surface area contributed by atoms with Crippen molar-refractivity contribution >= 4 is 42.4 Å². The lowest BCUT2D eigenvalue weighted by molar-refractivity contribution is 1.28. The molecule has 0 spiro atoms. The molecule has 2 nitrogen and oxygen atoms in total. The first-order valence-corrected chi connectivity index (χ1v) is 5.89. The molecule has 0 aliphatic carbocycles. The van der Waals surface area contributed by atoms with Crippen molar-refractivity contribution in [1.82, 2.24) is 9.38 Å². The van der Waals surface area contributed by atoms with E-state index in [0.29, 0.717) is 0 Å². The predicted molar refractivity (Wildman–Crippen MR) is 63.0 cm³/mol. The van der Waals surface area contributed by atoms with Gasteiger partial charge in [0, 0.05) is 10.7 Å². The van der Waals surface area contributed by atoms with E-state index in [0.717, 1.165) is 15.1 Å². The fourth-order valence-corrected chi connectivity index (χ4v) is 2.97. The third-order valence-electron chi connectivity index (χ3n) is 2.18. The summed E-state index contributed by atoms with van der Waals surface area (Å²) >= 11 is 5.20. The van der Waals surface area contributed by atoms with Crippen molar-refractivity contribution in [2.24, 2.45) is 0 Å². The number of benzene rings is 1. The van der Waals surface area contributed by atoms with E-state index in [9.17, 15) is 0 Å².